The largest absolute Gasteiger partial charge is 0.496 e. The zero-order chi connectivity index (χ0) is 25.7. The van der Waals surface area contributed by atoms with Crippen LogP contribution in [0.2, 0.25) is 0 Å². The number of carbonyl (C=O) groups excluding carboxylic acids is 1. The van der Waals surface area contributed by atoms with Crippen molar-refractivity contribution in [3.05, 3.63) is 53.6 Å². The Kier molecular flexibility index (Phi) is 6.16. The van der Waals surface area contributed by atoms with Gasteiger partial charge in [0.25, 0.3) is 5.91 Å². The third kappa shape index (κ3) is 4.38. The number of ether oxygens (including phenoxy) is 1. The summed E-state index contributed by atoms with van der Waals surface area (Å²) in [4.78, 5) is 14.8. The number of alkyl halides is 1. The monoisotopic (exact) mass is 505 g/mol. The van der Waals surface area contributed by atoms with Gasteiger partial charge in [0.15, 0.2) is 5.76 Å². The molecule has 2 fully saturated rings. The third-order valence-corrected chi connectivity index (χ3v) is 7.58. The SMILES string of the molecule is COc1cc(C(=O)N2C[C@H](N)C[C@@H](F)C2)cc2oc(-c3cc4ccccc4n3CC3CC3)c(CCO)c12. The molecule has 2 aliphatic rings. The number of aliphatic hydroxyl groups excluding tert-OH is 1. The van der Waals surface area contributed by atoms with Crippen LogP contribution in [0, 0.1) is 5.92 Å². The minimum absolute atomic E-state index is 0.0212. The molecule has 2 atom stereocenters. The van der Waals surface area contributed by atoms with Gasteiger partial charge in [-0.05, 0) is 49.4 Å². The Morgan fingerprint density at radius 3 is 2.76 bits per heavy atom. The summed E-state index contributed by atoms with van der Waals surface area (Å²) in [5.74, 6) is 1.51. The summed E-state index contributed by atoms with van der Waals surface area (Å²) in [7, 11) is 1.55. The van der Waals surface area contributed by atoms with E-state index >= 15 is 0 Å². The number of halogens is 1. The van der Waals surface area contributed by atoms with Crippen LogP contribution in [0.25, 0.3) is 33.3 Å². The van der Waals surface area contributed by atoms with E-state index in [0.29, 0.717) is 41.5 Å². The Morgan fingerprint density at radius 2 is 2.03 bits per heavy atom. The lowest BCUT2D eigenvalue weighted by atomic mass is 10.0. The van der Waals surface area contributed by atoms with Gasteiger partial charge in [0.1, 0.15) is 17.5 Å². The first kappa shape index (κ1) is 24.0. The quantitative estimate of drug-likeness (QED) is 0.385. The molecule has 3 heterocycles. The van der Waals surface area contributed by atoms with E-state index < -0.39 is 12.2 Å². The molecule has 8 heteroatoms. The van der Waals surface area contributed by atoms with Crippen LogP contribution in [0.1, 0.15) is 35.2 Å². The zero-order valence-corrected chi connectivity index (χ0v) is 21.0. The predicted octanol–water partition coefficient (Wildman–Crippen LogP) is 4.52. The average molecular weight is 506 g/mol. The molecule has 1 aliphatic heterocycles. The number of carbonyl (C=O) groups is 1. The maximum Gasteiger partial charge on any atom is 0.254 e. The minimum atomic E-state index is -1.14. The summed E-state index contributed by atoms with van der Waals surface area (Å²) < 4.78 is 28.7. The second-order valence-corrected chi connectivity index (χ2v) is 10.4. The molecule has 1 saturated heterocycles. The van der Waals surface area contributed by atoms with Crippen molar-refractivity contribution in [3.8, 4) is 17.2 Å². The topological polar surface area (TPSA) is 93.9 Å². The van der Waals surface area contributed by atoms with Crippen LogP contribution in [-0.4, -0.2) is 59.5 Å². The standard InChI is InChI=1S/C29H32FN3O4/c1-36-25-11-19(29(35)32-15-20(30)13-21(31)16-32)12-26-27(25)22(8-9-34)28(37-26)24-10-18-4-2-3-5-23(18)33(24)14-17-6-7-17/h2-5,10-12,17,20-21,34H,6-9,13-16,31H2,1H3/t20-,21-/m1/s1. The van der Waals surface area contributed by atoms with E-state index in [4.69, 9.17) is 14.9 Å². The fourth-order valence-corrected chi connectivity index (χ4v) is 5.67. The molecule has 1 amide bonds. The molecule has 3 N–H and O–H groups in total. The van der Waals surface area contributed by atoms with Gasteiger partial charge in [-0.2, -0.15) is 0 Å². The number of benzene rings is 2. The van der Waals surface area contributed by atoms with Crippen LogP contribution in [0.5, 0.6) is 5.75 Å². The molecule has 0 bridgehead atoms. The Bertz CT molecular complexity index is 1460. The molecule has 2 aromatic carbocycles. The molecule has 1 aliphatic carbocycles. The summed E-state index contributed by atoms with van der Waals surface area (Å²) in [5.41, 5.74) is 9.78. The maximum atomic E-state index is 14.2. The molecule has 1 saturated carbocycles. The van der Waals surface area contributed by atoms with Gasteiger partial charge in [0.05, 0.1) is 24.7 Å². The van der Waals surface area contributed by atoms with Gasteiger partial charge in [-0.25, -0.2) is 4.39 Å². The smallest absolute Gasteiger partial charge is 0.254 e. The summed E-state index contributed by atoms with van der Waals surface area (Å²) in [6.45, 7) is 1.17. The minimum Gasteiger partial charge on any atom is -0.496 e. The normalized spacial score (nSPS) is 20.2. The van der Waals surface area contributed by atoms with E-state index in [1.165, 1.54) is 17.7 Å². The van der Waals surface area contributed by atoms with Crippen molar-refractivity contribution in [1.29, 1.82) is 0 Å². The lowest BCUT2D eigenvalue weighted by Gasteiger charge is -2.33. The number of rotatable bonds is 7. The van der Waals surface area contributed by atoms with Crippen molar-refractivity contribution in [2.24, 2.45) is 11.7 Å². The van der Waals surface area contributed by atoms with E-state index in [2.05, 4.69) is 22.8 Å². The summed E-state index contributed by atoms with van der Waals surface area (Å²) in [6.07, 6.45) is 1.93. The van der Waals surface area contributed by atoms with Gasteiger partial charge < -0.3 is 29.5 Å². The van der Waals surface area contributed by atoms with Crippen LogP contribution in [0.3, 0.4) is 0 Å². The molecule has 0 unspecified atom stereocenters. The molecule has 0 radical (unpaired) electrons. The number of nitrogens with two attached hydrogens (primary N) is 1. The van der Waals surface area contributed by atoms with Crippen LogP contribution < -0.4 is 10.5 Å². The number of aliphatic hydroxyl groups is 1. The predicted molar refractivity (Wildman–Crippen MR) is 141 cm³/mol. The molecule has 4 aromatic rings. The third-order valence-electron chi connectivity index (χ3n) is 7.58. The van der Waals surface area contributed by atoms with Crippen molar-refractivity contribution in [1.82, 2.24) is 9.47 Å². The fourth-order valence-electron chi connectivity index (χ4n) is 5.67. The van der Waals surface area contributed by atoms with Gasteiger partial charge >= 0.3 is 0 Å². The molecule has 0 spiro atoms. The number of likely N-dealkylation sites (tertiary alicyclic amines) is 1. The number of para-hydroxylation sites is 1. The number of hydrogen-bond donors (Lipinski definition) is 2. The number of aromatic nitrogens is 1. The number of hydrogen-bond acceptors (Lipinski definition) is 5. The van der Waals surface area contributed by atoms with E-state index in [1.807, 2.05) is 12.1 Å². The highest BCUT2D eigenvalue weighted by molar-refractivity contribution is 6.02. The molecular formula is C29H32FN3O4. The number of furan rings is 1. The first-order chi connectivity index (χ1) is 18.0. The fraction of sp³-hybridized carbons (Fsp3) is 0.414. The van der Waals surface area contributed by atoms with Crippen molar-refractivity contribution in [2.45, 2.75) is 44.4 Å². The van der Waals surface area contributed by atoms with Crippen molar-refractivity contribution >= 4 is 27.8 Å². The van der Waals surface area contributed by atoms with Crippen LogP contribution in [-0.2, 0) is 13.0 Å². The van der Waals surface area contributed by atoms with Gasteiger partial charge in [0.2, 0.25) is 0 Å². The number of nitrogens with zero attached hydrogens (tertiary/aromatic N) is 2. The Morgan fingerprint density at radius 1 is 1.22 bits per heavy atom. The number of fused-ring (bicyclic) bond motifs is 2. The van der Waals surface area contributed by atoms with Crippen molar-refractivity contribution < 1.29 is 23.4 Å². The zero-order valence-electron chi connectivity index (χ0n) is 21.0. The lowest BCUT2D eigenvalue weighted by molar-refractivity contribution is 0.0606. The average Bonchev–Trinajstić information content (AvgIpc) is 3.54. The molecule has 194 valence electrons. The first-order valence-corrected chi connectivity index (χ1v) is 13.0. The van der Waals surface area contributed by atoms with E-state index in [9.17, 15) is 14.3 Å². The highest BCUT2D eigenvalue weighted by Crippen LogP contribution is 2.43. The van der Waals surface area contributed by atoms with Gasteiger partial charge in [0, 0.05) is 54.2 Å². The number of piperidine rings is 1. The van der Waals surface area contributed by atoms with E-state index in [0.717, 1.165) is 34.1 Å². The van der Waals surface area contributed by atoms with Crippen molar-refractivity contribution in [3.63, 3.8) is 0 Å². The number of amides is 1. The van der Waals surface area contributed by atoms with Crippen LogP contribution in [0.4, 0.5) is 4.39 Å². The first-order valence-electron chi connectivity index (χ1n) is 13.0. The van der Waals surface area contributed by atoms with Gasteiger partial charge in [-0.15, -0.1) is 0 Å². The molecule has 7 nitrogen and oxygen atoms in total. The molecule has 37 heavy (non-hydrogen) atoms. The van der Waals surface area contributed by atoms with E-state index in [-0.39, 0.29) is 25.5 Å². The Balaban J connectivity index is 1.50. The second kappa shape index (κ2) is 9.50. The summed E-state index contributed by atoms with van der Waals surface area (Å²) in [6, 6.07) is 13.4. The molecular weight excluding hydrogens is 473 g/mol. The Labute approximate surface area is 214 Å². The van der Waals surface area contributed by atoms with Gasteiger partial charge in [-0.3, -0.25) is 4.79 Å². The summed E-state index contributed by atoms with van der Waals surface area (Å²) in [5, 5.41) is 11.8. The van der Waals surface area contributed by atoms with E-state index in [1.54, 1.807) is 19.2 Å². The van der Waals surface area contributed by atoms with Crippen LogP contribution in [0.15, 0.2) is 46.9 Å². The second-order valence-electron chi connectivity index (χ2n) is 10.4. The van der Waals surface area contributed by atoms with Crippen LogP contribution >= 0.6 is 0 Å². The summed E-state index contributed by atoms with van der Waals surface area (Å²) >= 11 is 0. The van der Waals surface area contributed by atoms with Gasteiger partial charge in [-0.1, -0.05) is 18.2 Å². The molecule has 6 rings (SSSR count). The lowest BCUT2D eigenvalue weighted by Crippen LogP contribution is -2.50. The van der Waals surface area contributed by atoms with Crippen molar-refractivity contribution in [2.75, 3.05) is 26.8 Å². The number of methoxy groups -OCH3 is 1. The highest BCUT2D eigenvalue weighted by atomic mass is 19.1. The highest BCUT2D eigenvalue weighted by Gasteiger charge is 2.31. The molecule has 2 aromatic heterocycles. The Hall–Kier alpha value is -3.36. The maximum absolute atomic E-state index is 14.2.